The van der Waals surface area contributed by atoms with Crippen molar-refractivity contribution in [2.45, 2.75) is 58.9 Å². The third-order valence-corrected chi connectivity index (χ3v) is 3.67. The number of halogens is 3. The molecule has 0 amide bonds. The van der Waals surface area contributed by atoms with Gasteiger partial charge in [-0.2, -0.15) is 0 Å². The molecule has 3 unspecified atom stereocenters. The van der Waals surface area contributed by atoms with Gasteiger partial charge in [-0.3, -0.25) is 4.79 Å². The van der Waals surface area contributed by atoms with E-state index >= 15 is 0 Å². The molecule has 0 saturated heterocycles. The molecule has 3 atom stereocenters. The van der Waals surface area contributed by atoms with Crippen molar-refractivity contribution in [2.75, 3.05) is 6.61 Å². The van der Waals surface area contributed by atoms with Gasteiger partial charge >= 0.3 is 12.3 Å². The van der Waals surface area contributed by atoms with Crippen LogP contribution in [0.15, 0.2) is 0 Å². The van der Waals surface area contributed by atoms with Gasteiger partial charge in [0, 0.05) is 0 Å². The van der Waals surface area contributed by atoms with Crippen LogP contribution in [-0.2, 0) is 14.3 Å². The fraction of sp³-hybridized carbons (Fsp3) is 0.929. The Morgan fingerprint density at radius 1 is 1.15 bits per heavy atom. The Labute approximate surface area is 117 Å². The highest BCUT2D eigenvalue weighted by molar-refractivity contribution is 5.73. The van der Waals surface area contributed by atoms with E-state index in [0.717, 1.165) is 6.42 Å². The summed E-state index contributed by atoms with van der Waals surface area (Å²) in [6.45, 7) is 7.80. The molecular weight excluding hydrogens is 273 g/mol. The molecule has 0 aromatic rings. The molecule has 1 aliphatic rings. The molecule has 1 aliphatic carbocycles. The van der Waals surface area contributed by atoms with E-state index in [1.54, 1.807) is 0 Å². The zero-order valence-corrected chi connectivity index (χ0v) is 12.4. The van der Waals surface area contributed by atoms with E-state index in [-0.39, 0.29) is 24.0 Å². The number of ether oxygens (including phenoxy) is 2. The summed E-state index contributed by atoms with van der Waals surface area (Å²) in [6.07, 6.45) is -2.80. The molecule has 6 heteroatoms. The molecule has 0 spiro atoms. The molecular formula is C14H23F3O3. The van der Waals surface area contributed by atoms with Crippen molar-refractivity contribution in [3.8, 4) is 0 Å². The van der Waals surface area contributed by atoms with E-state index < -0.39 is 18.2 Å². The molecule has 1 saturated carbocycles. The largest absolute Gasteiger partial charge is 0.575 e. The molecule has 3 nitrogen and oxygen atoms in total. The van der Waals surface area contributed by atoms with Crippen molar-refractivity contribution in [3.05, 3.63) is 0 Å². The van der Waals surface area contributed by atoms with Gasteiger partial charge in [0.05, 0.1) is 18.1 Å². The number of carbonyl (C=O) groups is 1. The Kier molecular flexibility index (Phi) is 5.46. The SMILES string of the molecule is CCC1CCC(COC(C)(C)C)C1C(=O)OC(F)(F)F. The van der Waals surface area contributed by atoms with Crippen molar-refractivity contribution in [1.82, 2.24) is 0 Å². The molecule has 0 heterocycles. The zero-order chi connectivity index (χ0) is 15.6. The van der Waals surface area contributed by atoms with Crippen molar-refractivity contribution in [3.63, 3.8) is 0 Å². The van der Waals surface area contributed by atoms with E-state index in [1.165, 1.54) is 0 Å². The van der Waals surface area contributed by atoms with Crippen molar-refractivity contribution in [1.29, 1.82) is 0 Å². The zero-order valence-electron chi connectivity index (χ0n) is 12.4. The van der Waals surface area contributed by atoms with Crippen LogP contribution in [0.1, 0.15) is 47.0 Å². The summed E-state index contributed by atoms with van der Waals surface area (Å²) in [5.74, 6) is -2.14. The second-order valence-electron chi connectivity index (χ2n) is 6.32. The minimum absolute atomic E-state index is 0.0570. The molecule has 1 rings (SSSR count). The Morgan fingerprint density at radius 2 is 1.70 bits per heavy atom. The molecule has 0 aliphatic heterocycles. The summed E-state index contributed by atoms with van der Waals surface area (Å²) in [5.41, 5.74) is -0.372. The number of alkyl halides is 3. The van der Waals surface area contributed by atoms with Gasteiger partial charge < -0.3 is 9.47 Å². The van der Waals surface area contributed by atoms with Crippen LogP contribution < -0.4 is 0 Å². The Morgan fingerprint density at radius 3 is 2.15 bits per heavy atom. The normalized spacial score (nSPS) is 27.6. The summed E-state index contributed by atoms with van der Waals surface area (Å²) in [4.78, 5) is 11.8. The lowest BCUT2D eigenvalue weighted by atomic mass is 9.88. The molecule has 0 aromatic carbocycles. The Hall–Kier alpha value is -0.780. The van der Waals surface area contributed by atoms with Gasteiger partial charge in [-0.05, 0) is 45.4 Å². The van der Waals surface area contributed by atoms with Crippen LogP contribution in [0.2, 0.25) is 0 Å². The second kappa shape index (κ2) is 6.33. The topological polar surface area (TPSA) is 35.5 Å². The molecule has 0 N–H and O–H groups in total. The first-order chi connectivity index (χ1) is 9.03. The molecule has 20 heavy (non-hydrogen) atoms. The molecule has 0 radical (unpaired) electrons. The van der Waals surface area contributed by atoms with E-state index in [4.69, 9.17) is 4.74 Å². The standard InChI is InChI=1S/C14H23F3O3/c1-5-9-6-7-10(8-19-13(2,3)4)11(9)12(18)20-14(15,16)17/h9-11H,5-8H2,1-4H3. The van der Waals surface area contributed by atoms with E-state index in [1.807, 2.05) is 27.7 Å². The first-order valence-corrected chi connectivity index (χ1v) is 6.97. The maximum atomic E-state index is 12.2. The van der Waals surface area contributed by atoms with Crippen molar-refractivity contribution >= 4 is 5.97 Å². The van der Waals surface area contributed by atoms with Crippen LogP contribution in [0.3, 0.4) is 0 Å². The van der Waals surface area contributed by atoms with Crippen molar-refractivity contribution in [2.24, 2.45) is 17.8 Å². The summed E-state index contributed by atoms with van der Waals surface area (Å²) in [5, 5.41) is 0. The quantitative estimate of drug-likeness (QED) is 0.738. The molecule has 0 bridgehead atoms. The van der Waals surface area contributed by atoms with Gasteiger partial charge in [0.15, 0.2) is 0 Å². The lowest BCUT2D eigenvalue weighted by Crippen LogP contribution is -2.34. The van der Waals surface area contributed by atoms with Gasteiger partial charge in [-0.25, -0.2) is 0 Å². The maximum Gasteiger partial charge on any atom is 0.575 e. The van der Waals surface area contributed by atoms with Crippen LogP contribution >= 0.6 is 0 Å². The summed E-state index contributed by atoms with van der Waals surface area (Å²) in [7, 11) is 0. The Bertz CT molecular complexity index is 334. The monoisotopic (exact) mass is 296 g/mol. The lowest BCUT2D eigenvalue weighted by molar-refractivity contribution is -0.309. The second-order valence-corrected chi connectivity index (χ2v) is 6.32. The number of hydrogen-bond acceptors (Lipinski definition) is 3. The predicted octanol–water partition coefficient (Wildman–Crippen LogP) is 3.92. The fourth-order valence-corrected chi connectivity index (χ4v) is 2.74. The molecule has 118 valence electrons. The first-order valence-electron chi connectivity index (χ1n) is 6.97. The fourth-order valence-electron chi connectivity index (χ4n) is 2.74. The van der Waals surface area contributed by atoms with Gasteiger partial charge in [-0.15, -0.1) is 13.2 Å². The van der Waals surface area contributed by atoms with Gasteiger partial charge in [0.1, 0.15) is 0 Å². The average molecular weight is 296 g/mol. The van der Waals surface area contributed by atoms with Crippen LogP contribution in [0.25, 0.3) is 0 Å². The summed E-state index contributed by atoms with van der Waals surface area (Å²) in [6, 6.07) is 0. The van der Waals surface area contributed by atoms with Gasteiger partial charge in [-0.1, -0.05) is 13.3 Å². The van der Waals surface area contributed by atoms with Crippen LogP contribution in [0, 0.1) is 17.8 Å². The highest BCUT2D eigenvalue weighted by atomic mass is 19.4. The average Bonchev–Trinajstić information content (AvgIpc) is 2.65. The highest BCUT2D eigenvalue weighted by Gasteiger charge is 2.45. The third kappa shape index (κ3) is 5.31. The number of esters is 1. The van der Waals surface area contributed by atoms with Crippen LogP contribution in [-0.4, -0.2) is 24.5 Å². The third-order valence-electron chi connectivity index (χ3n) is 3.67. The summed E-state index contributed by atoms with van der Waals surface area (Å²) < 4.78 is 45.9. The minimum Gasteiger partial charge on any atom is -0.376 e. The van der Waals surface area contributed by atoms with Crippen LogP contribution in [0.4, 0.5) is 13.2 Å². The van der Waals surface area contributed by atoms with Crippen molar-refractivity contribution < 1.29 is 27.4 Å². The van der Waals surface area contributed by atoms with E-state index in [0.29, 0.717) is 12.8 Å². The molecule has 1 fully saturated rings. The number of carbonyl (C=O) groups excluding carboxylic acids is 1. The number of rotatable bonds is 4. The van der Waals surface area contributed by atoms with E-state index in [9.17, 15) is 18.0 Å². The first kappa shape index (κ1) is 17.3. The highest BCUT2D eigenvalue weighted by Crippen LogP contribution is 2.41. The van der Waals surface area contributed by atoms with E-state index in [2.05, 4.69) is 4.74 Å². The van der Waals surface area contributed by atoms with Gasteiger partial charge in [0.2, 0.25) is 0 Å². The van der Waals surface area contributed by atoms with Gasteiger partial charge in [0.25, 0.3) is 0 Å². The summed E-state index contributed by atoms with van der Waals surface area (Å²) >= 11 is 0. The predicted molar refractivity (Wildman–Crippen MR) is 67.8 cm³/mol. The minimum atomic E-state index is -4.91. The number of hydrogen-bond donors (Lipinski definition) is 0. The lowest BCUT2D eigenvalue weighted by Gasteiger charge is -2.26. The Balaban J connectivity index is 2.71. The molecule has 0 aromatic heterocycles. The maximum absolute atomic E-state index is 12.2. The smallest absolute Gasteiger partial charge is 0.376 e. The van der Waals surface area contributed by atoms with Crippen LogP contribution in [0.5, 0.6) is 0 Å².